The maximum atomic E-state index is 11.5. The van der Waals surface area contributed by atoms with Gasteiger partial charge in [-0.05, 0) is 22.3 Å². The van der Waals surface area contributed by atoms with Crippen molar-refractivity contribution in [1.29, 1.82) is 0 Å². The number of hydrogen-bond acceptors (Lipinski definition) is 4. The van der Waals surface area contributed by atoms with Crippen molar-refractivity contribution >= 4 is 25.0 Å². The highest BCUT2D eigenvalue weighted by Crippen LogP contribution is 2.38. The first-order valence-corrected chi connectivity index (χ1v) is 11.7. The molecule has 1 heterocycles. The summed E-state index contributed by atoms with van der Waals surface area (Å²) in [7, 11) is -2.68. The quantitative estimate of drug-likeness (QED) is 0.601. The monoisotopic (exact) mass is 398 g/mol. The predicted molar refractivity (Wildman–Crippen MR) is 113 cm³/mol. The summed E-state index contributed by atoms with van der Waals surface area (Å²) in [5.74, 6) is -1.65. The summed E-state index contributed by atoms with van der Waals surface area (Å²) in [5.41, 5.74) is 0. The Labute approximate surface area is 168 Å². The highest BCUT2D eigenvalue weighted by molar-refractivity contribution is 6.99. The molecule has 3 atom stereocenters. The predicted octanol–water partition coefficient (Wildman–Crippen LogP) is 2.88. The molecule has 1 N–H and O–H groups in total. The zero-order chi connectivity index (χ0) is 20.4. The minimum atomic E-state index is -2.68. The summed E-state index contributed by atoms with van der Waals surface area (Å²) in [6.45, 7) is 8.51. The number of hydrogen-bond donors (Lipinski definition) is 1. The standard InChI is InChI=1S/C23H30O4Si/c1-22(2,3)28(19-11-7-5-8-12-19,20-13-9-6-10-14-20)26-17-21-18(16-24)15-23(4,25)27-21/h5-14,16,18,21,25H,15,17H2,1-4H3/t18-,21-,23?/m1/s1. The lowest BCUT2D eigenvalue weighted by Crippen LogP contribution is -2.67. The molecule has 0 amide bonds. The smallest absolute Gasteiger partial charge is 0.261 e. The molecule has 2 aromatic carbocycles. The van der Waals surface area contributed by atoms with Gasteiger partial charge in [-0.3, -0.25) is 0 Å². The zero-order valence-corrected chi connectivity index (χ0v) is 18.1. The maximum Gasteiger partial charge on any atom is 0.261 e. The molecule has 2 aromatic rings. The molecule has 0 saturated carbocycles. The van der Waals surface area contributed by atoms with Crippen LogP contribution in [0.4, 0.5) is 0 Å². The van der Waals surface area contributed by atoms with E-state index in [1.165, 1.54) is 10.4 Å². The average Bonchev–Trinajstić information content (AvgIpc) is 2.97. The molecule has 0 radical (unpaired) electrons. The number of aliphatic hydroxyl groups is 1. The fourth-order valence-electron chi connectivity index (χ4n) is 4.29. The Morgan fingerprint density at radius 1 is 1.11 bits per heavy atom. The molecule has 5 heteroatoms. The van der Waals surface area contributed by atoms with Crippen molar-refractivity contribution in [1.82, 2.24) is 0 Å². The molecule has 1 saturated heterocycles. The Morgan fingerprint density at radius 2 is 1.61 bits per heavy atom. The van der Waals surface area contributed by atoms with Crippen molar-refractivity contribution < 1.29 is 19.1 Å². The number of ether oxygens (including phenoxy) is 1. The molecule has 0 bridgehead atoms. The average molecular weight is 399 g/mol. The molecule has 3 rings (SSSR count). The van der Waals surface area contributed by atoms with Crippen LogP contribution in [0.15, 0.2) is 60.7 Å². The van der Waals surface area contributed by atoms with E-state index in [4.69, 9.17) is 9.16 Å². The molecule has 1 unspecified atom stereocenters. The first kappa shape index (κ1) is 20.9. The van der Waals surface area contributed by atoms with Gasteiger partial charge in [-0.1, -0.05) is 81.4 Å². The lowest BCUT2D eigenvalue weighted by Gasteiger charge is -2.43. The molecule has 1 aliphatic heterocycles. The van der Waals surface area contributed by atoms with Crippen LogP contribution in [0.3, 0.4) is 0 Å². The highest BCUT2D eigenvalue weighted by atomic mass is 28.4. The molecule has 0 aliphatic carbocycles. The van der Waals surface area contributed by atoms with Crippen LogP contribution in [0.2, 0.25) is 5.04 Å². The van der Waals surface area contributed by atoms with Crippen molar-refractivity contribution in [2.24, 2.45) is 5.92 Å². The van der Waals surface area contributed by atoms with E-state index in [-0.39, 0.29) is 17.6 Å². The van der Waals surface area contributed by atoms with Crippen molar-refractivity contribution in [3.63, 3.8) is 0 Å². The van der Waals surface area contributed by atoms with Gasteiger partial charge in [-0.25, -0.2) is 0 Å². The van der Waals surface area contributed by atoms with Crippen LogP contribution in [0.5, 0.6) is 0 Å². The van der Waals surface area contributed by atoms with E-state index in [0.717, 1.165) is 6.29 Å². The molecule has 0 aromatic heterocycles. The Morgan fingerprint density at radius 3 is 2.04 bits per heavy atom. The van der Waals surface area contributed by atoms with E-state index in [2.05, 4.69) is 45.0 Å². The zero-order valence-electron chi connectivity index (χ0n) is 17.1. The van der Waals surface area contributed by atoms with Gasteiger partial charge in [-0.15, -0.1) is 0 Å². The fourth-order valence-corrected chi connectivity index (χ4v) is 8.86. The largest absolute Gasteiger partial charge is 0.405 e. The fraction of sp³-hybridized carbons (Fsp3) is 0.435. The number of benzene rings is 2. The van der Waals surface area contributed by atoms with Gasteiger partial charge >= 0.3 is 0 Å². The topological polar surface area (TPSA) is 55.8 Å². The van der Waals surface area contributed by atoms with Crippen LogP contribution in [0, 0.1) is 5.92 Å². The van der Waals surface area contributed by atoms with E-state index < -0.39 is 20.2 Å². The highest BCUT2D eigenvalue weighted by Gasteiger charge is 2.51. The minimum Gasteiger partial charge on any atom is -0.405 e. The third-order valence-corrected chi connectivity index (χ3v) is 10.6. The van der Waals surface area contributed by atoms with Gasteiger partial charge in [0.25, 0.3) is 8.32 Å². The van der Waals surface area contributed by atoms with Crippen molar-refractivity contribution in [3.8, 4) is 0 Å². The Bertz CT molecular complexity index is 744. The lowest BCUT2D eigenvalue weighted by molar-refractivity contribution is -0.183. The maximum absolute atomic E-state index is 11.5. The molecule has 1 fully saturated rings. The van der Waals surface area contributed by atoms with Gasteiger partial charge in [0, 0.05) is 12.3 Å². The molecule has 28 heavy (non-hydrogen) atoms. The summed E-state index contributed by atoms with van der Waals surface area (Å²) >= 11 is 0. The van der Waals surface area contributed by atoms with Crippen LogP contribution in [-0.2, 0) is 14.0 Å². The van der Waals surface area contributed by atoms with E-state index >= 15 is 0 Å². The second-order valence-corrected chi connectivity index (χ2v) is 13.1. The van der Waals surface area contributed by atoms with Gasteiger partial charge in [0.1, 0.15) is 6.29 Å². The first-order valence-electron chi connectivity index (χ1n) is 9.80. The van der Waals surface area contributed by atoms with E-state index in [9.17, 15) is 9.90 Å². The summed E-state index contributed by atoms with van der Waals surface area (Å²) in [6, 6.07) is 20.7. The van der Waals surface area contributed by atoms with Gasteiger partial charge in [0.2, 0.25) is 0 Å². The van der Waals surface area contributed by atoms with Crippen LogP contribution >= 0.6 is 0 Å². The van der Waals surface area contributed by atoms with Gasteiger partial charge in [0.05, 0.1) is 12.7 Å². The van der Waals surface area contributed by atoms with Gasteiger partial charge in [-0.2, -0.15) is 0 Å². The SMILES string of the molecule is CC1(O)C[C@H](C=O)[C@@H](CO[Si](c2ccccc2)(c2ccccc2)C(C)(C)C)O1. The Hall–Kier alpha value is -1.79. The Balaban J connectivity index is 2.03. The van der Waals surface area contributed by atoms with Gasteiger partial charge in [0.15, 0.2) is 5.79 Å². The molecule has 0 spiro atoms. The second-order valence-electron chi connectivity index (χ2n) is 8.81. The van der Waals surface area contributed by atoms with Crippen molar-refractivity contribution in [2.75, 3.05) is 6.61 Å². The molecular formula is C23H30O4Si. The third-order valence-electron chi connectivity index (χ3n) is 5.55. The molecule has 1 aliphatic rings. The summed E-state index contributed by atoms with van der Waals surface area (Å²) in [4.78, 5) is 11.5. The second kappa shape index (κ2) is 7.91. The van der Waals surface area contributed by atoms with E-state index in [1.54, 1.807) is 6.92 Å². The normalized spacial score (nSPS) is 25.6. The number of rotatable bonds is 6. The molecule has 150 valence electrons. The lowest BCUT2D eigenvalue weighted by atomic mass is 10.0. The molecular weight excluding hydrogens is 368 g/mol. The number of carbonyl (C=O) groups is 1. The first-order chi connectivity index (χ1) is 13.2. The van der Waals surface area contributed by atoms with E-state index in [1.807, 2.05) is 36.4 Å². The third kappa shape index (κ3) is 3.98. The van der Waals surface area contributed by atoms with Crippen LogP contribution in [0.25, 0.3) is 0 Å². The minimum absolute atomic E-state index is 0.145. The summed E-state index contributed by atoms with van der Waals surface area (Å²) < 4.78 is 12.6. The number of carbonyl (C=O) groups excluding carboxylic acids is 1. The number of aldehydes is 1. The van der Waals surface area contributed by atoms with E-state index in [0.29, 0.717) is 6.42 Å². The van der Waals surface area contributed by atoms with Gasteiger partial charge < -0.3 is 19.1 Å². The van der Waals surface area contributed by atoms with Crippen LogP contribution in [-0.4, -0.2) is 38.2 Å². The van der Waals surface area contributed by atoms with Crippen LogP contribution < -0.4 is 10.4 Å². The molecule has 4 nitrogen and oxygen atoms in total. The van der Waals surface area contributed by atoms with Crippen molar-refractivity contribution in [2.45, 2.75) is 51.0 Å². The summed E-state index contributed by atoms with van der Waals surface area (Å²) in [6.07, 6.45) is 0.723. The van der Waals surface area contributed by atoms with Crippen molar-refractivity contribution in [3.05, 3.63) is 60.7 Å². The van der Waals surface area contributed by atoms with Crippen LogP contribution in [0.1, 0.15) is 34.1 Å². The Kier molecular flexibility index (Phi) is 5.91. The summed E-state index contributed by atoms with van der Waals surface area (Å²) in [5, 5.41) is 12.5.